The summed E-state index contributed by atoms with van der Waals surface area (Å²) in [6, 6.07) is 7.67. The first-order valence-electron chi connectivity index (χ1n) is 5.03. The molecule has 0 aliphatic rings. The Labute approximate surface area is 94.1 Å². The van der Waals surface area contributed by atoms with Crippen LogP contribution in [-0.4, -0.2) is 13.0 Å². The molecular formula is C12H13FN2O. The third-order valence-electron chi connectivity index (χ3n) is 2.39. The van der Waals surface area contributed by atoms with Gasteiger partial charge in [0.25, 0.3) is 0 Å². The molecule has 0 fully saturated rings. The van der Waals surface area contributed by atoms with Gasteiger partial charge in [0, 0.05) is 12.7 Å². The van der Waals surface area contributed by atoms with Crippen LogP contribution in [0.25, 0.3) is 0 Å². The van der Waals surface area contributed by atoms with Gasteiger partial charge in [-0.05, 0) is 24.6 Å². The van der Waals surface area contributed by atoms with Gasteiger partial charge in [-0.15, -0.1) is 0 Å². The van der Waals surface area contributed by atoms with E-state index in [9.17, 15) is 9.18 Å². The summed E-state index contributed by atoms with van der Waals surface area (Å²) in [6.45, 7) is 1.77. The van der Waals surface area contributed by atoms with Crippen LogP contribution in [0.15, 0.2) is 24.3 Å². The molecule has 0 aliphatic heterocycles. The average molecular weight is 220 g/mol. The monoisotopic (exact) mass is 220 g/mol. The second kappa shape index (κ2) is 5.26. The predicted octanol–water partition coefficient (Wildman–Crippen LogP) is 2.34. The lowest BCUT2D eigenvalue weighted by Gasteiger charge is -2.19. The molecule has 3 nitrogen and oxygen atoms in total. The van der Waals surface area contributed by atoms with Crippen LogP contribution in [0.5, 0.6) is 0 Å². The number of nitrogens with zero attached hydrogens (tertiary/aromatic N) is 2. The van der Waals surface area contributed by atoms with E-state index in [1.165, 1.54) is 30.1 Å². The molecule has 0 N–H and O–H groups in total. The minimum atomic E-state index is -0.673. The minimum absolute atomic E-state index is 0.310. The summed E-state index contributed by atoms with van der Waals surface area (Å²) in [5.74, 6) is -1.38. The number of benzene rings is 1. The van der Waals surface area contributed by atoms with Crippen molar-refractivity contribution < 1.29 is 9.18 Å². The van der Waals surface area contributed by atoms with Gasteiger partial charge in [-0.2, -0.15) is 5.26 Å². The van der Waals surface area contributed by atoms with Gasteiger partial charge in [0.05, 0.1) is 6.07 Å². The topological polar surface area (TPSA) is 44.1 Å². The van der Waals surface area contributed by atoms with Crippen molar-refractivity contribution in [2.24, 2.45) is 5.92 Å². The molecule has 0 aromatic heterocycles. The fraction of sp³-hybridized carbons (Fsp3) is 0.333. The molecule has 1 atom stereocenters. The van der Waals surface area contributed by atoms with Crippen LogP contribution in [0.2, 0.25) is 0 Å². The maximum atomic E-state index is 13.0. The molecule has 1 aromatic carbocycles. The number of hydrogen-bond acceptors (Lipinski definition) is 2. The number of amides is 1. The van der Waals surface area contributed by atoms with Gasteiger partial charge >= 0.3 is 0 Å². The zero-order valence-electron chi connectivity index (χ0n) is 9.27. The Hall–Kier alpha value is -1.89. The zero-order chi connectivity index (χ0) is 12.1. The van der Waals surface area contributed by atoms with Crippen molar-refractivity contribution in [3.63, 3.8) is 0 Å². The van der Waals surface area contributed by atoms with E-state index >= 15 is 0 Å². The van der Waals surface area contributed by atoms with E-state index < -0.39 is 11.7 Å². The second-order valence-corrected chi connectivity index (χ2v) is 3.47. The number of nitriles is 1. The van der Waals surface area contributed by atoms with E-state index in [0.717, 1.165) is 0 Å². The van der Waals surface area contributed by atoms with Crippen molar-refractivity contribution in [3.8, 4) is 6.07 Å². The Morgan fingerprint density at radius 1 is 1.62 bits per heavy atom. The first kappa shape index (κ1) is 12.2. The molecule has 0 bridgehead atoms. The number of carbonyl (C=O) groups excluding carboxylic acids is 1. The Bertz CT molecular complexity index is 425. The highest BCUT2D eigenvalue weighted by atomic mass is 19.1. The first-order chi connectivity index (χ1) is 7.60. The van der Waals surface area contributed by atoms with E-state index in [4.69, 9.17) is 5.26 Å². The molecule has 0 saturated heterocycles. The molecule has 4 heteroatoms. The van der Waals surface area contributed by atoms with Crippen LogP contribution in [0.3, 0.4) is 0 Å². The van der Waals surface area contributed by atoms with Gasteiger partial charge < -0.3 is 4.90 Å². The highest BCUT2D eigenvalue weighted by molar-refractivity contribution is 5.95. The van der Waals surface area contributed by atoms with Crippen molar-refractivity contribution >= 4 is 11.6 Å². The molecule has 0 aliphatic carbocycles. The maximum absolute atomic E-state index is 13.0. The number of halogens is 1. The van der Waals surface area contributed by atoms with Crippen molar-refractivity contribution in [2.45, 2.75) is 13.3 Å². The van der Waals surface area contributed by atoms with Gasteiger partial charge in [-0.25, -0.2) is 4.39 Å². The second-order valence-electron chi connectivity index (χ2n) is 3.47. The minimum Gasteiger partial charge on any atom is -0.314 e. The summed E-state index contributed by atoms with van der Waals surface area (Å²) in [6.07, 6.45) is 0.453. The van der Waals surface area contributed by atoms with Crippen LogP contribution >= 0.6 is 0 Å². The molecule has 1 rings (SSSR count). The highest BCUT2D eigenvalue weighted by Crippen LogP contribution is 2.17. The number of carbonyl (C=O) groups is 1. The molecule has 0 radical (unpaired) electrons. The molecule has 1 unspecified atom stereocenters. The number of rotatable bonds is 3. The van der Waals surface area contributed by atoms with Crippen LogP contribution in [-0.2, 0) is 4.79 Å². The molecule has 84 valence electrons. The van der Waals surface area contributed by atoms with Gasteiger partial charge in [0.1, 0.15) is 11.7 Å². The van der Waals surface area contributed by atoms with Gasteiger partial charge in [0.15, 0.2) is 0 Å². The fourth-order valence-electron chi connectivity index (χ4n) is 1.37. The highest BCUT2D eigenvalue weighted by Gasteiger charge is 2.20. The van der Waals surface area contributed by atoms with Crippen molar-refractivity contribution in [1.82, 2.24) is 0 Å². The Balaban J connectivity index is 2.90. The van der Waals surface area contributed by atoms with Crippen LogP contribution < -0.4 is 4.90 Å². The standard InChI is InChI=1S/C12H13FN2O/c1-3-9(8-14)12(16)15(2)11-6-4-5-10(13)7-11/h4-7,9H,3H2,1-2H3. The van der Waals surface area contributed by atoms with Crippen molar-refractivity contribution in [3.05, 3.63) is 30.1 Å². The van der Waals surface area contributed by atoms with Crippen LogP contribution in [0.1, 0.15) is 13.3 Å². The van der Waals surface area contributed by atoms with E-state index in [2.05, 4.69) is 0 Å². The van der Waals surface area contributed by atoms with E-state index in [1.807, 2.05) is 6.07 Å². The molecule has 0 spiro atoms. The largest absolute Gasteiger partial charge is 0.314 e. The summed E-state index contributed by atoms with van der Waals surface area (Å²) in [7, 11) is 1.54. The van der Waals surface area contributed by atoms with Gasteiger partial charge in [0.2, 0.25) is 5.91 Å². The third kappa shape index (κ3) is 2.57. The smallest absolute Gasteiger partial charge is 0.244 e. The third-order valence-corrected chi connectivity index (χ3v) is 2.39. The number of hydrogen-bond donors (Lipinski definition) is 0. The first-order valence-corrected chi connectivity index (χ1v) is 5.03. The lowest BCUT2D eigenvalue weighted by molar-refractivity contribution is -0.120. The zero-order valence-corrected chi connectivity index (χ0v) is 9.27. The summed E-state index contributed by atoms with van der Waals surface area (Å²) in [4.78, 5) is 13.1. The average Bonchev–Trinajstić information content (AvgIpc) is 2.29. The summed E-state index contributed by atoms with van der Waals surface area (Å²) in [5, 5.41) is 8.78. The van der Waals surface area contributed by atoms with E-state index in [-0.39, 0.29) is 5.91 Å². The van der Waals surface area contributed by atoms with Gasteiger partial charge in [-0.1, -0.05) is 13.0 Å². The summed E-state index contributed by atoms with van der Waals surface area (Å²) < 4.78 is 13.0. The summed E-state index contributed by atoms with van der Waals surface area (Å²) >= 11 is 0. The predicted molar refractivity (Wildman–Crippen MR) is 59.2 cm³/mol. The molecule has 16 heavy (non-hydrogen) atoms. The quantitative estimate of drug-likeness (QED) is 0.784. The lowest BCUT2D eigenvalue weighted by Crippen LogP contribution is -2.32. The fourth-order valence-corrected chi connectivity index (χ4v) is 1.37. The molecule has 1 aromatic rings. The van der Waals surface area contributed by atoms with E-state index in [0.29, 0.717) is 12.1 Å². The molecule has 1 amide bonds. The Morgan fingerprint density at radius 3 is 2.81 bits per heavy atom. The van der Waals surface area contributed by atoms with Crippen LogP contribution in [0.4, 0.5) is 10.1 Å². The molecular weight excluding hydrogens is 207 g/mol. The maximum Gasteiger partial charge on any atom is 0.244 e. The van der Waals surface area contributed by atoms with Crippen molar-refractivity contribution in [1.29, 1.82) is 5.26 Å². The Kier molecular flexibility index (Phi) is 4.01. The van der Waals surface area contributed by atoms with Crippen molar-refractivity contribution in [2.75, 3.05) is 11.9 Å². The molecule has 0 heterocycles. The Morgan fingerprint density at radius 2 is 2.31 bits per heavy atom. The molecule has 0 saturated carbocycles. The van der Waals surface area contributed by atoms with Crippen LogP contribution in [0, 0.1) is 23.1 Å². The summed E-state index contributed by atoms with van der Waals surface area (Å²) in [5.41, 5.74) is 0.457. The normalized spacial score (nSPS) is 11.6. The van der Waals surface area contributed by atoms with E-state index in [1.54, 1.807) is 13.0 Å². The SMILES string of the molecule is CCC(C#N)C(=O)N(C)c1cccc(F)c1. The lowest BCUT2D eigenvalue weighted by atomic mass is 10.1. The van der Waals surface area contributed by atoms with Gasteiger partial charge in [-0.3, -0.25) is 4.79 Å². The number of anilines is 1.